The van der Waals surface area contributed by atoms with Gasteiger partial charge in [-0.25, -0.2) is 0 Å². The number of benzene rings is 1. The summed E-state index contributed by atoms with van der Waals surface area (Å²) in [6.07, 6.45) is 8.00. The maximum Gasteiger partial charge on any atom is 0.0410 e. The van der Waals surface area contributed by atoms with E-state index in [1.165, 1.54) is 47.7 Å². The molecule has 1 saturated carbocycles. The molecule has 1 fully saturated rings. The van der Waals surface area contributed by atoms with Crippen LogP contribution in [0, 0.1) is 15.4 Å². The smallest absolute Gasteiger partial charge is 0.0410 e. The van der Waals surface area contributed by atoms with E-state index in [2.05, 4.69) is 53.9 Å². The van der Waals surface area contributed by atoms with Crippen LogP contribution in [-0.4, -0.2) is 6.54 Å². The summed E-state index contributed by atoms with van der Waals surface area (Å²) in [4.78, 5) is 0. The van der Waals surface area contributed by atoms with Gasteiger partial charge >= 0.3 is 0 Å². The predicted octanol–water partition coefficient (Wildman–Crippen LogP) is 6.20. The lowest BCUT2D eigenvalue weighted by molar-refractivity contribution is 0.175. The SMILES string of the molecule is CCCNC(c1cc(Cl)ccc1I)C1CCCCC1CC. The third-order valence-corrected chi connectivity index (χ3v) is 6.05. The van der Waals surface area contributed by atoms with Crippen LogP contribution in [0.4, 0.5) is 0 Å². The van der Waals surface area contributed by atoms with E-state index in [1.54, 1.807) is 0 Å². The van der Waals surface area contributed by atoms with Gasteiger partial charge in [-0.3, -0.25) is 0 Å². The second-order valence-corrected chi connectivity index (χ2v) is 7.81. The van der Waals surface area contributed by atoms with Crippen LogP contribution in [0.25, 0.3) is 0 Å². The van der Waals surface area contributed by atoms with Crippen LogP contribution in [-0.2, 0) is 0 Å². The summed E-state index contributed by atoms with van der Waals surface area (Å²) in [6.45, 7) is 5.67. The van der Waals surface area contributed by atoms with Crippen LogP contribution >= 0.6 is 34.2 Å². The number of hydrogen-bond donors (Lipinski definition) is 1. The van der Waals surface area contributed by atoms with Crippen molar-refractivity contribution in [2.45, 2.75) is 58.4 Å². The molecule has 3 unspecified atom stereocenters. The van der Waals surface area contributed by atoms with E-state index in [0.29, 0.717) is 6.04 Å². The van der Waals surface area contributed by atoms with E-state index in [1.807, 2.05) is 6.07 Å². The van der Waals surface area contributed by atoms with Crippen molar-refractivity contribution in [3.8, 4) is 0 Å². The van der Waals surface area contributed by atoms with Crippen LogP contribution < -0.4 is 5.32 Å². The summed E-state index contributed by atoms with van der Waals surface area (Å²) in [5.74, 6) is 1.60. The van der Waals surface area contributed by atoms with Gasteiger partial charge in [0.25, 0.3) is 0 Å². The summed E-state index contributed by atoms with van der Waals surface area (Å²) >= 11 is 8.73. The molecule has 0 amide bonds. The lowest BCUT2D eigenvalue weighted by atomic mass is 9.72. The standard InChI is InChI=1S/C18H27ClIN/c1-3-11-21-18(15-8-6-5-7-13(15)4-2)16-12-14(19)9-10-17(16)20/h9-10,12-13,15,18,21H,3-8,11H2,1-2H3. The van der Waals surface area contributed by atoms with E-state index in [9.17, 15) is 0 Å². The molecule has 3 heteroatoms. The van der Waals surface area contributed by atoms with Gasteiger partial charge in [-0.2, -0.15) is 0 Å². The highest BCUT2D eigenvalue weighted by Gasteiger charge is 2.32. The molecule has 3 atom stereocenters. The van der Waals surface area contributed by atoms with E-state index in [4.69, 9.17) is 11.6 Å². The number of hydrogen-bond acceptors (Lipinski definition) is 1. The molecule has 1 aliphatic carbocycles. The van der Waals surface area contributed by atoms with Gasteiger partial charge in [0.05, 0.1) is 0 Å². The molecule has 0 saturated heterocycles. The Bertz CT molecular complexity index is 449. The van der Waals surface area contributed by atoms with Crippen LogP contribution in [0.3, 0.4) is 0 Å². The van der Waals surface area contributed by atoms with Gasteiger partial charge in [-0.05, 0) is 77.6 Å². The van der Waals surface area contributed by atoms with Gasteiger partial charge in [0.2, 0.25) is 0 Å². The molecule has 118 valence electrons. The monoisotopic (exact) mass is 419 g/mol. The first-order valence-electron chi connectivity index (χ1n) is 8.35. The van der Waals surface area contributed by atoms with E-state index >= 15 is 0 Å². The summed E-state index contributed by atoms with van der Waals surface area (Å²) in [6, 6.07) is 6.79. The van der Waals surface area contributed by atoms with Crippen LogP contribution in [0.2, 0.25) is 5.02 Å². The van der Waals surface area contributed by atoms with Crippen molar-refractivity contribution >= 4 is 34.2 Å². The fourth-order valence-electron chi connectivity index (χ4n) is 3.73. The Labute approximate surface area is 148 Å². The lowest BCUT2D eigenvalue weighted by Crippen LogP contribution is -2.35. The Morgan fingerprint density at radius 2 is 2.05 bits per heavy atom. The normalized spacial score (nSPS) is 24.0. The highest BCUT2D eigenvalue weighted by molar-refractivity contribution is 14.1. The van der Waals surface area contributed by atoms with Crippen LogP contribution in [0.15, 0.2) is 18.2 Å². The minimum atomic E-state index is 0.459. The van der Waals surface area contributed by atoms with Gasteiger partial charge in [0, 0.05) is 14.6 Å². The van der Waals surface area contributed by atoms with Crippen molar-refractivity contribution < 1.29 is 0 Å². The predicted molar refractivity (Wildman–Crippen MR) is 101 cm³/mol. The van der Waals surface area contributed by atoms with Crippen molar-refractivity contribution in [1.82, 2.24) is 5.32 Å². The Balaban J connectivity index is 2.30. The molecule has 2 rings (SSSR count). The molecule has 0 aliphatic heterocycles. The lowest BCUT2D eigenvalue weighted by Gasteiger charge is -2.38. The number of halogens is 2. The fraction of sp³-hybridized carbons (Fsp3) is 0.667. The topological polar surface area (TPSA) is 12.0 Å². The molecule has 21 heavy (non-hydrogen) atoms. The molecule has 1 aromatic rings. The summed E-state index contributed by atoms with van der Waals surface area (Å²) in [5, 5.41) is 4.68. The van der Waals surface area contributed by atoms with Gasteiger partial charge in [-0.15, -0.1) is 0 Å². The molecular formula is C18H27ClIN. The second-order valence-electron chi connectivity index (χ2n) is 6.21. The average molecular weight is 420 g/mol. The zero-order valence-electron chi connectivity index (χ0n) is 13.2. The molecule has 1 nitrogen and oxygen atoms in total. The number of rotatable bonds is 6. The zero-order valence-corrected chi connectivity index (χ0v) is 16.1. The Morgan fingerprint density at radius 3 is 2.76 bits per heavy atom. The molecule has 0 aromatic heterocycles. The van der Waals surface area contributed by atoms with E-state index in [0.717, 1.165) is 23.4 Å². The van der Waals surface area contributed by atoms with Crippen molar-refractivity contribution in [1.29, 1.82) is 0 Å². The highest BCUT2D eigenvalue weighted by atomic mass is 127. The quantitative estimate of drug-likeness (QED) is 0.541. The second kappa shape index (κ2) is 8.73. The minimum absolute atomic E-state index is 0.459. The molecule has 0 radical (unpaired) electrons. The Morgan fingerprint density at radius 1 is 1.29 bits per heavy atom. The molecule has 0 heterocycles. The molecule has 1 aromatic carbocycles. The zero-order chi connectivity index (χ0) is 15.2. The van der Waals surface area contributed by atoms with Gasteiger partial charge < -0.3 is 5.32 Å². The average Bonchev–Trinajstić information content (AvgIpc) is 2.51. The maximum atomic E-state index is 6.27. The van der Waals surface area contributed by atoms with Gasteiger partial charge in [-0.1, -0.05) is 51.1 Å². The molecule has 0 bridgehead atoms. The molecule has 1 aliphatic rings. The molecular weight excluding hydrogens is 393 g/mol. The van der Waals surface area contributed by atoms with E-state index in [-0.39, 0.29) is 0 Å². The third kappa shape index (κ3) is 4.59. The van der Waals surface area contributed by atoms with E-state index < -0.39 is 0 Å². The Hall–Kier alpha value is 0.200. The molecule has 1 N–H and O–H groups in total. The van der Waals surface area contributed by atoms with Crippen LogP contribution in [0.5, 0.6) is 0 Å². The largest absolute Gasteiger partial charge is 0.310 e. The van der Waals surface area contributed by atoms with Crippen molar-refractivity contribution in [2.75, 3.05) is 6.54 Å². The van der Waals surface area contributed by atoms with Crippen molar-refractivity contribution in [3.05, 3.63) is 32.4 Å². The first kappa shape index (κ1) is 17.6. The number of nitrogens with one attached hydrogen (secondary N) is 1. The summed E-state index contributed by atoms with van der Waals surface area (Å²) < 4.78 is 1.34. The fourth-order valence-corrected chi connectivity index (χ4v) is 4.58. The van der Waals surface area contributed by atoms with Gasteiger partial charge in [0.1, 0.15) is 0 Å². The first-order valence-corrected chi connectivity index (χ1v) is 9.81. The Kier molecular flexibility index (Phi) is 7.30. The third-order valence-electron chi connectivity index (χ3n) is 4.83. The molecule has 0 spiro atoms. The summed E-state index contributed by atoms with van der Waals surface area (Å²) in [7, 11) is 0. The maximum absolute atomic E-state index is 6.27. The first-order chi connectivity index (χ1) is 10.2. The van der Waals surface area contributed by atoms with Gasteiger partial charge in [0.15, 0.2) is 0 Å². The van der Waals surface area contributed by atoms with Crippen molar-refractivity contribution in [3.63, 3.8) is 0 Å². The van der Waals surface area contributed by atoms with Crippen molar-refractivity contribution in [2.24, 2.45) is 11.8 Å². The minimum Gasteiger partial charge on any atom is -0.310 e. The summed E-state index contributed by atoms with van der Waals surface area (Å²) in [5.41, 5.74) is 1.40. The highest BCUT2D eigenvalue weighted by Crippen LogP contribution is 2.41. The van der Waals surface area contributed by atoms with Crippen LogP contribution in [0.1, 0.15) is 64.0 Å².